The Kier molecular flexibility index (Phi) is 5.88. The first-order valence-electron chi connectivity index (χ1n) is 7.51. The lowest BCUT2D eigenvalue weighted by Crippen LogP contribution is -2.33. The molecule has 0 radical (unpaired) electrons. The van der Waals surface area contributed by atoms with Gasteiger partial charge in [-0.05, 0) is 38.6 Å². The normalized spacial score (nSPS) is 12.6. The van der Waals surface area contributed by atoms with E-state index in [0.717, 1.165) is 24.4 Å². The zero-order valence-electron chi connectivity index (χ0n) is 13.4. The van der Waals surface area contributed by atoms with Crippen molar-refractivity contribution in [1.29, 1.82) is 0 Å². The molecule has 0 saturated heterocycles. The van der Waals surface area contributed by atoms with Crippen molar-refractivity contribution < 1.29 is 0 Å². The maximum atomic E-state index is 4.43. The van der Waals surface area contributed by atoms with E-state index in [1.807, 2.05) is 30.4 Å². The van der Waals surface area contributed by atoms with E-state index in [1.165, 1.54) is 16.2 Å². The number of hydrogen-bond acceptors (Lipinski definition) is 3. The lowest BCUT2D eigenvalue weighted by molar-refractivity contribution is 0.549. The Morgan fingerprint density at radius 3 is 2.52 bits per heavy atom. The van der Waals surface area contributed by atoms with Gasteiger partial charge >= 0.3 is 0 Å². The van der Waals surface area contributed by atoms with Gasteiger partial charge in [0.15, 0.2) is 0 Å². The molecule has 0 spiro atoms. The SMILES string of the molecule is CCNC(CSc1ccc(C)cc1)Cc1cc(C)nn1C. The Labute approximate surface area is 132 Å². The molecule has 0 amide bonds. The van der Waals surface area contributed by atoms with Gasteiger partial charge in [-0.1, -0.05) is 24.6 Å². The highest BCUT2D eigenvalue weighted by atomic mass is 32.2. The van der Waals surface area contributed by atoms with E-state index >= 15 is 0 Å². The Balaban J connectivity index is 1.95. The second-order valence-electron chi connectivity index (χ2n) is 5.48. The number of aryl methyl sites for hydroxylation is 3. The van der Waals surface area contributed by atoms with Gasteiger partial charge in [0.2, 0.25) is 0 Å². The molecule has 0 aliphatic rings. The summed E-state index contributed by atoms with van der Waals surface area (Å²) in [6.07, 6.45) is 1.02. The summed E-state index contributed by atoms with van der Waals surface area (Å²) in [5.74, 6) is 1.07. The van der Waals surface area contributed by atoms with Crippen molar-refractivity contribution in [2.75, 3.05) is 12.3 Å². The molecular weight excluding hydrogens is 278 g/mol. The number of likely N-dealkylation sites (N-methyl/N-ethyl adjacent to an activating group) is 1. The molecule has 0 bridgehead atoms. The van der Waals surface area contributed by atoms with Crippen molar-refractivity contribution in [1.82, 2.24) is 15.1 Å². The third-order valence-corrected chi connectivity index (χ3v) is 4.69. The summed E-state index contributed by atoms with van der Waals surface area (Å²) in [4.78, 5) is 1.34. The molecule has 114 valence electrons. The molecule has 1 aromatic carbocycles. The topological polar surface area (TPSA) is 29.9 Å². The van der Waals surface area contributed by atoms with E-state index in [0.29, 0.717) is 6.04 Å². The first-order chi connectivity index (χ1) is 10.1. The number of hydrogen-bond donors (Lipinski definition) is 1. The van der Waals surface area contributed by atoms with Crippen LogP contribution in [-0.2, 0) is 13.5 Å². The second kappa shape index (κ2) is 7.66. The van der Waals surface area contributed by atoms with Gasteiger partial charge in [-0.3, -0.25) is 4.68 Å². The summed E-state index contributed by atoms with van der Waals surface area (Å²) >= 11 is 1.92. The summed E-state index contributed by atoms with van der Waals surface area (Å²) in [5, 5.41) is 8.02. The van der Waals surface area contributed by atoms with Crippen LogP contribution in [0.1, 0.15) is 23.9 Å². The highest BCUT2D eigenvalue weighted by molar-refractivity contribution is 7.99. The molecular formula is C17H25N3S. The lowest BCUT2D eigenvalue weighted by Gasteiger charge is -2.17. The van der Waals surface area contributed by atoms with Crippen LogP contribution >= 0.6 is 11.8 Å². The molecule has 0 fully saturated rings. The molecule has 0 aliphatic carbocycles. The first-order valence-corrected chi connectivity index (χ1v) is 8.49. The molecule has 1 atom stereocenters. The van der Waals surface area contributed by atoms with E-state index in [9.17, 15) is 0 Å². The first kappa shape index (κ1) is 16.1. The van der Waals surface area contributed by atoms with Crippen LogP contribution in [0.4, 0.5) is 0 Å². The third-order valence-electron chi connectivity index (χ3n) is 3.52. The number of nitrogens with one attached hydrogen (secondary N) is 1. The van der Waals surface area contributed by atoms with Crippen LogP contribution in [0.3, 0.4) is 0 Å². The van der Waals surface area contributed by atoms with Crippen LogP contribution in [0.2, 0.25) is 0 Å². The van der Waals surface area contributed by atoms with Crippen molar-refractivity contribution in [3.8, 4) is 0 Å². The van der Waals surface area contributed by atoms with Gasteiger partial charge in [-0.25, -0.2) is 0 Å². The highest BCUT2D eigenvalue weighted by Gasteiger charge is 2.12. The smallest absolute Gasteiger partial charge is 0.0596 e. The van der Waals surface area contributed by atoms with E-state index < -0.39 is 0 Å². The van der Waals surface area contributed by atoms with Gasteiger partial charge < -0.3 is 5.32 Å². The Morgan fingerprint density at radius 1 is 1.24 bits per heavy atom. The van der Waals surface area contributed by atoms with E-state index in [-0.39, 0.29) is 0 Å². The zero-order chi connectivity index (χ0) is 15.2. The van der Waals surface area contributed by atoms with Crippen molar-refractivity contribution in [2.45, 2.75) is 38.1 Å². The maximum Gasteiger partial charge on any atom is 0.0596 e. The molecule has 1 heterocycles. The number of thioether (sulfide) groups is 1. The molecule has 21 heavy (non-hydrogen) atoms. The fourth-order valence-corrected chi connectivity index (χ4v) is 3.38. The van der Waals surface area contributed by atoms with Gasteiger partial charge in [0.05, 0.1) is 5.69 Å². The second-order valence-corrected chi connectivity index (χ2v) is 6.58. The molecule has 2 aromatic rings. The summed E-state index contributed by atoms with van der Waals surface area (Å²) < 4.78 is 2.00. The standard InChI is InChI=1S/C17H25N3S/c1-5-18-15(11-16-10-14(3)19-20(16)4)12-21-17-8-6-13(2)7-9-17/h6-10,15,18H,5,11-12H2,1-4H3. The Morgan fingerprint density at radius 2 is 1.95 bits per heavy atom. The van der Waals surface area contributed by atoms with E-state index in [2.05, 4.69) is 54.6 Å². The zero-order valence-corrected chi connectivity index (χ0v) is 14.2. The number of benzene rings is 1. The quantitative estimate of drug-likeness (QED) is 0.796. The van der Waals surface area contributed by atoms with Crippen molar-refractivity contribution in [3.05, 3.63) is 47.3 Å². The molecule has 3 nitrogen and oxygen atoms in total. The van der Waals surface area contributed by atoms with Gasteiger partial charge in [-0.2, -0.15) is 5.10 Å². The average molecular weight is 303 g/mol. The van der Waals surface area contributed by atoms with Gasteiger partial charge in [0.1, 0.15) is 0 Å². The van der Waals surface area contributed by atoms with Crippen LogP contribution in [-0.4, -0.2) is 28.1 Å². The fourth-order valence-electron chi connectivity index (χ4n) is 2.42. The minimum Gasteiger partial charge on any atom is -0.313 e. The Hall–Kier alpha value is -1.26. The van der Waals surface area contributed by atoms with Crippen LogP contribution in [0.5, 0.6) is 0 Å². The minimum atomic E-state index is 0.469. The molecule has 1 unspecified atom stereocenters. The lowest BCUT2D eigenvalue weighted by atomic mass is 10.1. The molecule has 1 aromatic heterocycles. The fraction of sp³-hybridized carbons (Fsp3) is 0.471. The molecule has 0 aliphatic heterocycles. The van der Waals surface area contributed by atoms with Crippen LogP contribution in [0.25, 0.3) is 0 Å². The maximum absolute atomic E-state index is 4.43. The van der Waals surface area contributed by atoms with Crippen molar-refractivity contribution >= 4 is 11.8 Å². The van der Waals surface area contributed by atoms with E-state index in [4.69, 9.17) is 0 Å². The highest BCUT2D eigenvalue weighted by Crippen LogP contribution is 2.20. The summed E-state index contributed by atoms with van der Waals surface area (Å²) in [6, 6.07) is 11.4. The summed E-state index contributed by atoms with van der Waals surface area (Å²) in [5.41, 5.74) is 3.70. The van der Waals surface area contributed by atoms with Gasteiger partial charge in [0.25, 0.3) is 0 Å². The molecule has 0 saturated carbocycles. The minimum absolute atomic E-state index is 0.469. The Bertz CT molecular complexity index is 560. The predicted octanol–water partition coefficient (Wildman–Crippen LogP) is 3.35. The monoisotopic (exact) mass is 303 g/mol. The average Bonchev–Trinajstić information content (AvgIpc) is 2.76. The van der Waals surface area contributed by atoms with Gasteiger partial charge in [0, 0.05) is 35.9 Å². The molecule has 1 N–H and O–H groups in total. The third kappa shape index (κ3) is 4.90. The predicted molar refractivity (Wildman–Crippen MR) is 91.0 cm³/mol. The van der Waals surface area contributed by atoms with Crippen LogP contribution < -0.4 is 5.32 Å². The van der Waals surface area contributed by atoms with Crippen molar-refractivity contribution in [2.24, 2.45) is 7.05 Å². The van der Waals surface area contributed by atoms with E-state index in [1.54, 1.807) is 0 Å². The van der Waals surface area contributed by atoms with Gasteiger partial charge in [-0.15, -0.1) is 11.8 Å². The number of rotatable bonds is 7. The number of aromatic nitrogens is 2. The molecule has 4 heteroatoms. The molecule has 2 rings (SSSR count). The van der Waals surface area contributed by atoms with Crippen LogP contribution in [0.15, 0.2) is 35.2 Å². The largest absolute Gasteiger partial charge is 0.313 e. The van der Waals surface area contributed by atoms with Crippen LogP contribution in [0, 0.1) is 13.8 Å². The summed E-state index contributed by atoms with van der Waals surface area (Å²) in [6.45, 7) is 7.33. The summed E-state index contributed by atoms with van der Waals surface area (Å²) in [7, 11) is 2.03. The van der Waals surface area contributed by atoms with Crippen molar-refractivity contribution in [3.63, 3.8) is 0 Å². The number of nitrogens with zero attached hydrogens (tertiary/aromatic N) is 2.